The molecular weight excluding hydrogens is 266 g/mol. The molecule has 5 nitrogen and oxygen atoms in total. The summed E-state index contributed by atoms with van der Waals surface area (Å²) in [5.74, 6) is 1.91. The Kier molecular flexibility index (Phi) is 6.77. The van der Waals surface area contributed by atoms with Crippen LogP contribution < -0.4 is 10.6 Å². The maximum Gasteiger partial charge on any atom is 0.190 e. The van der Waals surface area contributed by atoms with E-state index in [0.29, 0.717) is 18.6 Å². The second-order valence-corrected chi connectivity index (χ2v) is 6.30. The van der Waals surface area contributed by atoms with Gasteiger partial charge in [-0.1, -0.05) is 6.42 Å². The molecule has 0 aromatic carbocycles. The number of aliphatic imine (C=N–C) groups is 1. The minimum Gasteiger partial charge on any atom is -0.382 e. The lowest BCUT2D eigenvalue weighted by atomic mass is 9.65. The zero-order valence-electron chi connectivity index (χ0n) is 13.6. The van der Waals surface area contributed by atoms with Crippen molar-refractivity contribution >= 4 is 5.96 Å². The van der Waals surface area contributed by atoms with Crippen LogP contribution in [-0.2, 0) is 9.47 Å². The van der Waals surface area contributed by atoms with Gasteiger partial charge in [0, 0.05) is 33.9 Å². The third-order valence-electron chi connectivity index (χ3n) is 4.81. The van der Waals surface area contributed by atoms with Crippen molar-refractivity contribution in [1.82, 2.24) is 10.6 Å². The molecule has 2 N–H and O–H groups in total. The van der Waals surface area contributed by atoms with Gasteiger partial charge >= 0.3 is 0 Å². The van der Waals surface area contributed by atoms with Crippen molar-refractivity contribution in [2.45, 2.75) is 38.5 Å². The Hall–Kier alpha value is -0.810. The zero-order chi connectivity index (χ0) is 15.0. The highest BCUT2D eigenvalue weighted by molar-refractivity contribution is 5.79. The minimum atomic E-state index is 0.584. The maximum atomic E-state index is 5.44. The summed E-state index contributed by atoms with van der Waals surface area (Å²) >= 11 is 0. The summed E-state index contributed by atoms with van der Waals surface area (Å²) in [6.07, 6.45) is 8.06. The van der Waals surface area contributed by atoms with Gasteiger partial charge in [0.15, 0.2) is 5.96 Å². The van der Waals surface area contributed by atoms with Crippen LogP contribution in [0, 0.1) is 11.3 Å². The normalized spacial score (nSPS) is 21.0. The predicted molar refractivity (Wildman–Crippen MR) is 85.7 cm³/mol. The van der Waals surface area contributed by atoms with Gasteiger partial charge in [-0.25, -0.2) is 0 Å². The van der Waals surface area contributed by atoms with Gasteiger partial charge in [-0.3, -0.25) is 4.99 Å². The van der Waals surface area contributed by atoms with Crippen LogP contribution in [-0.4, -0.2) is 53.0 Å². The average Bonchev–Trinajstić information content (AvgIpc) is 3.28. The number of methoxy groups -OCH3 is 1. The SMILES string of the molecule is CN=C(NCCCOCCOC)NCC1(C2CC2)CCC1. The van der Waals surface area contributed by atoms with Crippen molar-refractivity contribution in [2.75, 3.05) is 47.1 Å². The number of ether oxygens (including phenoxy) is 2. The van der Waals surface area contributed by atoms with Crippen LogP contribution in [0.25, 0.3) is 0 Å². The van der Waals surface area contributed by atoms with E-state index in [1.54, 1.807) is 7.11 Å². The number of hydrogen-bond acceptors (Lipinski definition) is 3. The fraction of sp³-hybridized carbons (Fsp3) is 0.938. The molecule has 2 fully saturated rings. The van der Waals surface area contributed by atoms with Gasteiger partial charge in [0.05, 0.1) is 13.2 Å². The van der Waals surface area contributed by atoms with Gasteiger partial charge in [-0.2, -0.15) is 0 Å². The summed E-state index contributed by atoms with van der Waals surface area (Å²) in [6, 6.07) is 0. The average molecular weight is 297 g/mol. The summed E-state index contributed by atoms with van der Waals surface area (Å²) in [7, 11) is 3.53. The van der Waals surface area contributed by atoms with Crippen molar-refractivity contribution < 1.29 is 9.47 Å². The highest BCUT2D eigenvalue weighted by Gasteiger charge is 2.48. The highest BCUT2D eigenvalue weighted by atomic mass is 16.5. The van der Waals surface area contributed by atoms with E-state index in [1.165, 1.54) is 32.1 Å². The Bertz CT molecular complexity index is 325. The van der Waals surface area contributed by atoms with E-state index in [2.05, 4.69) is 15.6 Å². The molecule has 2 saturated carbocycles. The standard InChI is InChI=1S/C16H31N3O2/c1-17-15(18-9-4-10-21-12-11-20-2)19-13-16(7-3-8-16)14-5-6-14/h14H,3-13H2,1-2H3,(H2,17,18,19). The first-order valence-corrected chi connectivity index (χ1v) is 8.32. The smallest absolute Gasteiger partial charge is 0.190 e. The molecular formula is C16H31N3O2. The molecule has 0 atom stereocenters. The molecule has 0 unspecified atom stereocenters. The zero-order valence-corrected chi connectivity index (χ0v) is 13.6. The Labute approximate surface area is 128 Å². The van der Waals surface area contributed by atoms with Crippen LogP contribution in [0.1, 0.15) is 38.5 Å². The van der Waals surface area contributed by atoms with Crippen molar-refractivity contribution in [3.8, 4) is 0 Å². The molecule has 0 aromatic rings. The predicted octanol–water partition coefficient (Wildman–Crippen LogP) is 1.78. The second-order valence-electron chi connectivity index (χ2n) is 6.30. The monoisotopic (exact) mass is 297 g/mol. The lowest BCUT2D eigenvalue weighted by Crippen LogP contribution is -2.47. The van der Waals surface area contributed by atoms with Crippen LogP contribution in [0.15, 0.2) is 4.99 Å². The van der Waals surface area contributed by atoms with Crippen molar-refractivity contribution in [2.24, 2.45) is 16.3 Å². The molecule has 2 aliphatic carbocycles. The van der Waals surface area contributed by atoms with E-state index in [-0.39, 0.29) is 0 Å². The van der Waals surface area contributed by atoms with E-state index in [9.17, 15) is 0 Å². The topological polar surface area (TPSA) is 54.9 Å². The van der Waals surface area contributed by atoms with Crippen LogP contribution in [0.4, 0.5) is 0 Å². The van der Waals surface area contributed by atoms with E-state index in [0.717, 1.165) is 38.0 Å². The lowest BCUT2D eigenvalue weighted by Gasteiger charge is -2.43. The number of guanidine groups is 1. The molecule has 5 heteroatoms. The molecule has 0 amide bonds. The van der Waals surface area contributed by atoms with Crippen molar-refractivity contribution in [1.29, 1.82) is 0 Å². The molecule has 0 saturated heterocycles. The fourth-order valence-electron chi connectivity index (χ4n) is 3.16. The van der Waals surface area contributed by atoms with E-state index in [4.69, 9.17) is 9.47 Å². The summed E-state index contributed by atoms with van der Waals surface area (Å²) in [4.78, 5) is 4.31. The van der Waals surface area contributed by atoms with Gasteiger partial charge in [0.1, 0.15) is 0 Å². The first-order valence-electron chi connectivity index (χ1n) is 8.32. The molecule has 0 heterocycles. The van der Waals surface area contributed by atoms with E-state index in [1.807, 2.05) is 7.05 Å². The van der Waals surface area contributed by atoms with Crippen molar-refractivity contribution in [3.63, 3.8) is 0 Å². The Morgan fingerprint density at radius 1 is 1.19 bits per heavy atom. The first kappa shape index (κ1) is 16.6. The van der Waals surface area contributed by atoms with Gasteiger partial charge < -0.3 is 20.1 Å². The van der Waals surface area contributed by atoms with Crippen LogP contribution in [0.5, 0.6) is 0 Å². The Morgan fingerprint density at radius 2 is 2.00 bits per heavy atom. The minimum absolute atomic E-state index is 0.584. The van der Waals surface area contributed by atoms with Crippen molar-refractivity contribution in [3.05, 3.63) is 0 Å². The van der Waals surface area contributed by atoms with Gasteiger partial charge in [-0.05, 0) is 43.4 Å². The summed E-state index contributed by atoms with van der Waals surface area (Å²) in [5.41, 5.74) is 0.584. The van der Waals surface area contributed by atoms with Crippen LogP contribution >= 0.6 is 0 Å². The largest absolute Gasteiger partial charge is 0.382 e. The van der Waals surface area contributed by atoms with Gasteiger partial charge in [-0.15, -0.1) is 0 Å². The fourth-order valence-corrected chi connectivity index (χ4v) is 3.16. The van der Waals surface area contributed by atoms with Crippen LogP contribution in [0.2, 0.25) is 0 Å². The summed E-state index contributed by atoms with van der Waals surface area (Å²) in [6.45, 7) is 4.08. The molecule has 122 valence electrons. The Balaban J connectivity index is 1.54. The van der Waals surface area contributed by atoms with Gasteiger partial charge in [0.2, 0.25) is 0 Å². The van der Waals surface area contributed by atoms with E-state index < -0.39 is 0 Å². The molecule has 0 aromatic heterocycles. The third-order valence-corrected chi connectivity index (χ3v) is 4.81. The molecule has 2 rings (SSSR count). The molecule has 0 aliphatic heterocycles. The molecule has 21 heavy (non-hydrogen) atoms. The summed E-state index contributed by atoms with van der Waals surface area (Å²) < 4.78 is 10.4. The highest BCUT2D eigenvalue weighted by Crippen LogP contribution is 2.56. The van der Waals surface area contributed by atoms with E-state index >= 15 is 0 Å². The molecule has 2 aliphatic rings. The molecule has 0 bridgehead atoms. The second kappa shape index (κ2) is 8.59. The lowest BCUT2D eigenvalue weighted by molar-refractivity contribution is 0.0698. The Morgan fingerprint density at radius 3 is 2.57 bits per heavy atom. The first-order chi connectivity index (χ1) is 10.3. The molecule has 0 spiro atoms. The molecule has 0 radical (unpaired) electrons. The number of nitrogens with zero attached hydrogens (tertiary/aromatic N) is 1. The van der Waals surface area contributed by atoms with Crippen LogP contribution in [0.3, 0.4) is 0 Å². The number of rotatable bonds is 10. The number of hydrogen-bond donors (Lipinski definition) is 2. The maximum absolute atomic E-state index is 5.44. The summed E-state index contributed by atoms with van der Waals surface area (Å²) in [5, 5.41) is 6.89. The number of nitrogens with one attached hydrogen (secondary N) is 2. The van der Waals surface area contributed by atoms with Gasteiger partial charge in [0.25, 0.3) is 0 Å². The third kappa shape index (κ3) is 5.15. The quantitative estimate of drug-likeness (QED) is 0.367.